The van der Waals surface area contributed by atoms with Gasteiger partial charge in [0.15, 0.2) is 6.61 Å². The van der Waals surface area contributed by atoms with Gasteiger partial charge in [-0.05, 0) is 55.0 Å². The molecule has 0 atom stereocenters. The molecule has 142 valence electrons. The summed E-state index contributed by atoms with van der Waals surface area (Å²) >= 11 is 9.29. The van der Waals surface area contributed by atoms with Crippen molar-refractivity contribution in [2.24, 2.45) is 0 Å². The van der Waals surface area contributed by atoms with E-state index >= 15 is 0 Å². The Morgan fingerprint density at radius 3 is 2.67 bits per heavy atom. The lowest BCUT2D eigenvalue weighted by Gasteiger charge is -2.09. The van der Waals surface area contributed by atoms with Gasteiger partial charge in [-0.2, -0.15) is 0 Å². The van der Waals surface area contributed by atoms with Crippen molar-refractivity contribution in [2.45, 2.75) is 6.92 Å². The van der Waals surface area contributed by atoms with Crippen LogP contribution in [0.15, 0.2) is 46.9 Å². The van der Waals surface area contributed by atoms with E-state index in [1.165, 1.54) is 6.08 Å². The molecule has 8 heteroatoms. The van der Waals surface area contributed by atoms with Crippen molar-refractivity contribution in [1.29, 1.82) is 0 Å². The van der Waals surface area contributed by atoms with Crippen molar-refractivity contribution in [2.75, 3.05) is 13.7 Å². The number of benzene rings is 2. The van der Waals surface area contributed by atoms with Gasteiger partial charge in [0.25, 0.3) is 11.8 Å². The van der Waals surface area contributed by atoms with Gasteiger partial charge in [-0.15, -0.1) is 0 Å². The monoisotopic (exact) mass is 452 g/mol. The molecular weight excluding hydrogens is 436 g/mol. The Bertz CT molecular complexity index is 871. The van der Waals surface area contributed by atoms with E-state index in [4.69, 9.17) is 21.1 Å². The molecule has 0 aliphatic carbocycles. The summed E-state index contributed by atoms with van der Waals surface area (Å²) in [4.78, 5) is 23.6. The van der Waals surface area contributed by atoms with E-state index in [9.17, 15) is 9.59 Å². The lowest BCUT2D eigenvalue weighted by Crippen LogP contribution is -2.43. The smallest absolute Gasteiger partial charge is 0.276 e. The van der Waals surface area contributed by atoms with Crippen LogP contribution < -0.4 is 20.3 Å². The first-order chi connectivity index (χ1) is 12.9. The zero-order valence-electron chi connectivity index (χ0n) is 14.7. The van der Waals surface area contributed by atoms with Crippen LogP contribution in [0.4, 0.5) is 0 Å². The molecule has 0 aromatic heterocycles. The van der Waals surface area contributed by atoms with E-state index in [0.717, 1.165) is 15.6 Å². The van der Waals surface area contributed by atoms with Crippen molar-refractivity contribution in [3.63, 3.8) is 0 Å². The first-order valence-electron chi connectivity index (χ1n) is 7.88. The second-order valence-electron chi connectivity index (χ2n) is 5.46. The van der Waals surface area contributed by atoms with E-state index < -0.39 is 11.8 Å². The number of aryl methyl sites for hydroxylation is 1. The van der Waals surface area contributed by atoms with E-state index in [1.54, 1.807) is 37.5 Å². The highest BCUT2D eigenvalue weighted by atomic mass is 79.9. The summed E-state index contributed by atoms with van der Waals surface area (Å²) in [6.45, 7) is 1.59. The lowest BCUT2D eigenvalue weighted by molar-refractivity contribution is -0.128. The number of hydrazine groups is 1. The van der Waals surface area contributed by atoms with Gasteiger partial charge < -0.3 is 9.47 Å². The average Bonchev–Trinajstić information content (AvgIpc) is 2.65. The topological polar surface area (TPSA) is 76.7 Å². The summed E-state index contributed by atoms with van der Waals surface area (Å²) in [5.41, 5.74) is 6.12. The fourth-order valence-electron chi connectivity index (χ4n) is 2.07. The van der Waals surface area contributed by atoms with Crippen LogP contribution in [0.2, 0.25) is 5.02 Å². The SMILES string of the molecule is COc1ccc(Br)cc1/C=C/C(=O)NNC(=O)COc1ccc(Cl)c(C)c1. The van der Waals surface area contributed by atoms with Gasteiger partial charge in [0, 0.05) is 21.1 Å². The van der Waals surface area contributed by atoms with Crippen molar-refractivity contribution in [3.05, 3.63) is 63.1 Å². The first-order valence-corrected chi connectivity index (χ1v) is 9.05. The number of nitrogens with one attached hydrogen (secondary N) is 2. The maximum atomic E-state index is 11.8. The number of hydrogen-bond donors (Lipinski definition) is 2. The Balaban J connectivity index is 1.81. The highest BCUT2D eigenvalue weighted by molar-refractivity contribution is 9.10. The predicted octanol–water partition coefficient (Wildman–Crippen LogP) is 3.66. The number of halogens is 2. The zero-order valence-corrected chi connectivity index (χ0v) is 17.1. The quantitative estimate of drug-likeness (QED) is 0.517. The molecule has 0 heterocycles. The van der Waals surface area contributed by atoms with Crippen LogP contribution in [0.1, 0.15) is 11.1 Å². The Labute approximate surface area is 170 Å². The number of carbonyl (C=O) groups excluding carboxylic acids is 2. The molecular formula is C19H18BrClN2O4. The van der Waals surface area contributed by atoms with Gasteiger partial charge in [0.05, 0.1) is 7.11 Å². The van der Waals surface area contributed by atoms with Crippen LogP contribution >= 0.6 is 27.5 Å². The van der Waals surface area contributed by atoms with Crippen LogP contribution in [0.3, 0.4) is 0 Å². The molecule has 2 aromatic carbocycles. The third-order valence-corrected chi connectivity index (χ3v) is 4.35. The summed E-state index contributed by atoms with van der Waals surface area (Å²) < 4.78 is 11.4. The average molecular weight is 454 g/mol. The molecule has 0 radical (unpaired) electrons. The molecule has 27 heavy (non-hydrogen) atoms. The predicted molar refractivity (Wildman–Crippen MR) is 108 cm³/mol. The van der Waals surface area contributed by atoms with Gasteiger partial charge in [0.1, 0.15) is 11.5 Å². The summed E-state index contributed by atoms with van der Waals surface area (Å²) in [5, 5.41) is 0.618. The van der Waals surface area contributed by atoms with Gasteiger partial charge in [-0.3, -0.25) is 20.4 Å². The molecule has 2 aromatic rings. The van der Waals surface area contributed by atoms with Crippen LogP contribution in [-0.2, 0) is 9.59 Å². The molecule has 0 bridgehead atoms. The highest BCUT2D eigenvalue weighted by Gasteiger charge is 2.06. The number of amides is 2. The Morgan fingerprint density at radius 2 is 1.96 bits per heavy atom. The molecule has 0 saturated carbocycles. The third kappa shape index (κ3) is 6.62. The third-order valence-electron chi connectivity index (χ3n) is 3.43. The Hall–Kier alpha value is -2.51. The van der Waals surface area contributed by atoms with E-state index in [-0.39, 0.29) is 6.61 Å². The van der Waals surface area contributed by atoms with Gasteiger partial charge >= 0.3 is 0 Å². The summed E-state index contributed by atoms with van der Waals surface area (Å²) in [7, 11) is 1.54. The molecule has 0 unspecified atom stereocenters. The summed E-state index contributed by atoms with van der Waals surface area (Å²) in [6.07, 6.45) is 2.87. The molecule has 2 amide bonds. The molecule has 2 rings (SSSR count). The van der Waals surface area contributed by atoms with Crippen LogP contribution in [0.5, 0.6) is 11.5 Å². The molecule has 2 N–H and O–H groups in total. The molecule has 0 aliphatic heterocycles. The largest absolute Gasteiger partial charge is 0.496 e. The number of ether oxygens (including phenoxy) is 2. The van der Waals surface area contributed by atoms with Gasteiger partial charge in [-0.25, -0.2) is 0 Å². The minimum Gasteiger partial charge on any atom is -0.496 e. The summed E-state index contributed by atoms with van der Waals surface area (Å²) in [6, 6.07) is 10.5. The second-order valence-corrected chi connectivity index (χ2v) is 6.78. The van der Waals surface area contributed by atoms with E-state index in [0.29, 0.717) is 16.5 Å². The van der Waals surface area contributed by atoms with Crippen molar-refractivity contribution in [3.8, 4) is 11.5 Å². The second kappa shape index (κ2) is 9.99. The number of hydrogen-bond acceptors (Lipinski definition) is 4. The van der Waals surface area contributed by atoms with Crippen molar-refractivity contribution in [1.82, 2.24) is 10.9 Å². The first kappa shape index (κ1) is 20.8. The summed E-state index contributed by atoms with van der Waals surface area (Å²) in [5.74, 6) is 0.148. The number of carbonyl (C=O) groups is 2. The van der Waals surface area contributed by atoms with Gasteiger partial charge in [-0.1, -0.05) is 27.5 Å². The Kier molecular flexibility index (Phi) is 7.69. The fraction of sp³-hybridized carbons (Fsp3) is 0.158. The standard InChI is InChI=1S/C19H18BrClN2O4/c1-12-9-15(5-6-16(12)21)27-11-19(25)23-22-18(24)8-3-13-10-14(20)4-7-17(13)26-2/h3-10H,11H2,1-2H3,(H,22,24)(H,23,25)/b8-3+. The number of methoxy groups -OCH3 is 1. The van der Waals surface area contributed by atoms with Crippen molar-refractivity contribution < 1.29 is 19.1 Å². The molecule has 0 saturated heterocycles. The normalized spacial score (nSPS) is 10.5. The highest BCUT2D eigenvalue weighted by Crippen LogP contribution is 2.24. The maximum Gasteiger partial charge on any atom is 0.276 e. The number of rotatable bonds is 6. The molecule has 0 fully saturated rings. The molecule has 0 spiro atoms. The van der Waals surface area contributed by atoms with Crippen LogP contribution in [-0.4, -0.2) is 25.5 Å². The fourth-order valence-corrected chi connectivity index (χ4v) is 2.56. The maximum absolute atomic E-state index is 11.8. The van der Waals surface area contributed by atoms with Crippen molar-refractivity contribution >= 4 is 45.4 Å². The van der Waals surface area contributed by atoms with Crippen LogP contribution in [0, 0.1) is 6.92 Å². The zero-order chi connectivity index (χ0) is 19.8. The minimum atomic E-state index is -0.496. The molecule has 0 aliphatic rings. The minimum absolute atomic E-state index is 0.246. The van der Waals surface area contributed by atoms with Gasteiger partial charge in [0.2, 0.25) is 0 Å². The van der Waals surface area contributed by atoms with E-state index in [2.05, 4.69) is 26.8 Å². The molecule has 6 nitrogen and oxygen atoms in total. The lowest BCUT2D eigenvalue weighted by atomic mass is 10.2. The van der Waals surface area contributed by atoms with E-state index in [1.807, 2.05) is 19.1 Å². The van der Waals surface area contributed by atoms with Crippen LogP contribution in [0.25, 0.3) is 6.08 Å². The Morgan fingerprint density at radius 1 is 1.19 bits per heavy atom.